The van der Waals surface area contributed by atoms with Crippen LogP contribution in [0.4, 0.5) is 11.5 Å². The van der Waals surface area contributed by atoms with Gasteiger partial charge in [-0.15, -0.1) is 0 Å². The summed E-state index contributed by atoms with van der Waals surface area (Å²) in [6, 6.07) is 2.91. The highest BCUT2D eigenvalue weighted by atomic mass is 16.6. The first-order valence-electron chi connectivity index (χ1n) is 5.97. The SMILES string of the molecule is CC(CCCC(=O)O)Nc1ncc([N+](=O)[O-])cc1C#N. The highest BCUT2D eigenvalue weighted by Gasteiger charge is 2.13. The Morgan fingerprint density at radius 1 is 1.70 bits per heavy atom. The van der Waals surface area contributed by atoms with Crippen molar-refractivity contribution >= 4 is 17.5 Å². The minimum atomic E-state index is -0.858. The largest absolute Gasteiger partial charge is 0.481 e. The van der Waals surface area contributed by atoms with Gasteiger partial charge in [-0.3, -0.25) is 14.9 Å². The molecule has 8 heteroatoms. The average Bonchev–Trinajstić information content (AvgIpc) is 2.38. The third-order valence-corrected chi connectivity index (χ3v) is 2.62. The number of hydrogen-bond donors (Lipinski definition) is 2. The first kappa shape index (κ1) is 15.4. The molecule has 1 aromatic heterocycles. The van der Waals surface area contributed by atoms with Crippen LogP contribution >= 0.6 is 0 Å². The summed E-state index contributed by atoms with van der Waals surface area (Å²) in [6.45, 7) is 1.83. The number of nitrogens with zero attached hydrogens (tertiary/aromatic N) is 3. The molecule has 0 bridgehead atoms. The zero-order valence-electron chi connectivity index (χ0n) is 10.9. The lowest BCUT2D eigenvalue weighted by molar-refractivity contribution is -0.385. The second-order valence-electron chi connectivity index (χ2n) is 4.29. The van der Waals surface area contributed by atoms with Gasteiger partial charge >= 0.3 is 5.97 Å². The fourth-order valence-corrected chi connectivity index (χ4v) is 1.62. The molecule has 0 aliphatic carbocycles. The maximum Gasteiger partial charge on any atom is 0.303 e. The molecule has 1 unspecified atom stereocenters. The summed E-state index contributed by atoms with van der Waals surface area (Å²) in [6.07, 6.45) is 2.24. The molecule has 0 radical (unpaired) electrons. The number of pyridine rings is 1. The van der Waals surface area contributed by atoms with E-state index in [4.69, 9.17) is 10.4 Å². The van der Waals surface area contributed by atoms with E-state index in [1.807, 2.05) is 13.0 Å². The molecule has 0 fully saturated rings. The minimum absolute atomic E-state index is 0.0742. The Bertz CT molecular complexity index is 553. The van der Waals surface area contributed by atoms with Gasteiger partial charge < -0.3 is 10.4 Å². The molecule has 0 aliphatic rings. The second kappa shape index (κ2) is 7.04. The van der Waals surface area contributed by atoms with E-state index in [1.165, 1.54) is 0 Å². The number of carboxylic acid groups (broad SMARTS) is 1. The van der Waals surface area contributed by atoms with E-state index >= 15 is 0 Å². The van der Waals surface area contributed by atoms with Gasteiger partial charge in [-0.2, -0.15) is 5.26 Å². The van der Waals surface area contributed by atoms with E-state index in [1.54, 1.807) is 0 Å². The van der Waals surface area contributed by atoms with Gasteiger partial charge in [0.25, 0.3) is 5.69 Å². The zero-order valence-corrected chi connectivity index (χ0v) is 10.9. The summed E-state index contributed by atoms with van der Waals surface area (Å²) < 4.78 is 0. The summed E-state index contributed by atoms with van der Waals surface area (Å²) in [5.41, 5.74) is -0.157. The lowest BCUT2D eigenvalue weighted by Crippen LogP contribution is -2.17. The van der Waals surface area contributed by atoms with Crippen molar-refractivity contribution in [1.82, 2.24) is 4.98 Å². The Morgan fingerprint density at radius 3 is 2.95 bits per heavy atom. The standard InChI is InChI=1S/C12H14N4O4/c1-8(3-2-4-11(17)18)15-12-9(6-13)5-10(7-14-12)16(19)20/h5,7-8H,2-4H2,1H3,(H,14,15)(H,17,18). The average molecular weight is 278 g/mol. The Hall–Kier alpha value is -2.69. The van der Waals surface area contributed by atoms with Crippen molar-refractivity contribution in [2.45, 2.75) is 32.2 Å². The molecule has 0 spiro atoms. The van der Waals surface area contributed by atoms with Crippen molar-refractivity contribution in [2.24, 2.45) is 0 Å². The first-order valence-corrected chi connectivity index (χ1v) is 5.97. The predicted octanol–water partition coefficient (Wildman–Crippen LogP) is 1.92. The van der Waals surface area contributed by atoms with Crippen molar-refractivity contribution in [3.05, 3.63) is 27.9 Å². The van der Waals surface area contributed by atoms with Crippen LogP contribution in [0.25, 0.3) is 0 Å². The van der Waals surface area contributed by atoms with Crippen molar-refractivity contribution in [3.63, 3.8) is 0 Å². The lowest BCUT2D eigenvalue weighted by atomic mass is 10.1. The van der Waals surface area contributed by atoms with Gasteiger partial charge in [0, 0.05) is 18.5 Å². The summed E-state index contributed by atoms with van der Waals surface area (Å²) >= 11 is 0. The maximum atomic E-state index is 10.6. The van der Waals surface area contributed by atoms with Crippen LogP contribution in [0.2, 0.25) is 0 Å². The van der Waals surface area contributed by atoms with E-state index < -0.39 is 10.9 Å². The van der Waals surface area contributed by atoms with Crippen molar-refractivity contribution in [2.75, 3.05) is 5.32 Å². The van der Waals surface area contributed by atoms with E-state index in [9.17, 15) is 14.9 Å². The van der Waals surface area contributed by atoms with Gasteiger partial charge in [-0.1, -0.05) is 0 Å². The van der Waals surface area contributed by atoms with E-state index in [0.29, 0.717) is 12.8 Å². The highest BCUT2D eigenvalue weighted by Crippen LogP contribution is 2.19. The fourth-order valence-electron chi connectivity index (χ4n) is 1.62. The lowest BCUT2D eigenvalue weighted by Gasteiger charge is -2.14. The molecular weight excluding hydrogens is 264 g/mol. The number of anilines is 1. The summed E-state index contributed by atoms with van der Waals surface area (Å²) in [5, 5.41) is 31.0. The van der Waals surface area contributed by atoms with Crippen LogP contribution in [0.1, 0.15) is 31.7 Å². The monoisotopic (exact) mass is 278 g/mol. The Morgan fingerprint density at radius 2 is 2.40 bits per heavy atom. The topological polar surface area (TPSA) is 129 Å². The van der Waals surface area contributed by atoms with Gasteiger partial charge in [-0.05, 0) is 19.8 Å². The van der Waals surface area contributed by atoms with Gasteiger partial charge in [0.2, 0.25) is 0 Å². The molecule has 1 atom stereocenters. The normalized spacial score (nSPS) is 11.4. The summed E-state index contributed by atoms with van der Waals surface area (Å²) in [4.78, 5) is 24.2. The van der Waals surface area contributed by atoms with Crippen LogP contribution in [0.15, 0.2) is 12.3 Å². The van der Waals surface area contributed by atoms with Crippen LogP contribution in [-0.4, -0.2) is 27.0 Å². The number of nitriles is 1. The molecule has 0 amide bonds. The second-order valence-corrected chi connectivity index (χ2v) is 4.29. The van der Waals surface area contributed by atoms with E-state index in [0.717, 1.165) is 12.3 Å². The molecule has 106 valence electrons. The van der Waals surface area contributed by atoms with E-state index in [2.05, 4.69) is 10.3 Å². The number of rotatable bonds is 7. The van der Waals surface area contributed by atoms with Crippen molar-refractivity contribution in [3.8, 4) is 6.07 Å². The number of carbonyl (C=O) groups is 1. The summed E-state index contributed by atoms with van der Waals surface area (Å²) in [5.74, 6) is -0.593. The van der Waals surface area contributed by atoms with E-state index in [-0.39, 0.29) is 29.5 Å². The van der Waals surface area contributed by atoms with Gasteiger partial charge in [0.05, 0.1) is 4.92 Å². The Labute approximate surface area is 115 Å². The van der Waals surface area contributed by atoms with Gasteiger partial charge in [0.15, 0.2) is 0 Å². The smallest absolute Gasteiger partial charge is 0.303 e. The van der Waals surface area contributed by atoms with Gasteiger partial charge in [-0.25, -0.2) is 4.98 Å². The number of nitrogens with one attached hydrogen (secondary N) is 1. The van der Waals surface area contributed by atoms with Crippen LogP contribution in [0.3, 0.4) is 0 Å². The van der Waals surface area contributed by atoms with Crippen LogP contribution in [0, 0.1) is 21.4 Å². The number of hydrogen-bond acceptors (Lipinski definition) is 6. The molecule has 8 nitrogen and oxygen atoms in total. The molecule has 1 heterocycles. The van der Waals surface area contributed by atoms with Crippen LogP contribution in [0.5, 0.6) is 0 Å². The van der Waals surface area contributed by atoms with Crippen molar-refractivity contribution < 1.29 is 14.8 Å². The van der Waals surface area contributed by atoms with Crippen molar-refractivity contribution in [1.29, 1.82) is 5.26 Å². The first-order chi connectivity index (χ1) is 9.43. The molecular formula is C12H14N4O4. The molecule has 0 aliphatic heterocycles. The molecule has 2 N–H and O–H groups in total. The maximum absolute atomic E-state index is 10.6. The number of carboxylic acids is 1. The fraction of sp³-hybridized carbons (Fsp3) is 0.417. The number of nitro groups is 1. The zero-order chi connectivity index (χ0) is 15.1. The molecule has 0 saturated carbocycles. The van der Waals surface area contributed by atoms with Crippen LogP contribution in [-0.2, 0) is 4.79 Å². The third kappa shape index (κ3) is 4.53. The molecule has 0 aromatic carbocycles. The Kier molecular flexibility index (Phi) is 5.41. The van der Waals surface area contributed by atoms with Crippen LogP contribution < -0.4 is 5.32 Å². The summed E-state index contributed by atoms with van der Waals surface area (Å²) in [7, 11) is 0. The predicted molar refractivity (Wildman–Crippen MR) is 70.2 cm³/mol. The third-order valence-electron chi connectivity index (χ3n) is 2.62. The number of aliphatic carboxylic acids is 1. The van der Waals surface area contributed by atoms with Gasteiger partial charge in [0.1, 0.15) is 23.6 Å². The molecule has 20 heavy (non-hydrogen) atoms. The molecule has 0 saturated heterocycles. The Balaban J connectivity index is 2.70. The highest BCUT2D eigenvalue weighted by molar-refractivity contribution is 5.66. The molecule has 1 aromatic rings. The number of aromatic nitrogens is 1. The minimum Gasteiger partial charge on any atom is -0.481 e. The quantitative estimate of drug-likeness (QED) is 0.575. The molecule has 1 rings (SSSR count).